The van der Waals surface area contributed by atoms with E-state index in [0.717, 1.165) is 24.3 Å². The van der Waals surface area contributed by atoms with Crippen molar-refractivity contribution in [3.63, 3.8) is 0 Å². The zero-order valence-corrected chi connectivity index (χ0v) is 10.5. The van der Waals surface area contributed by atoms with Gasteiger partial charge in [0.1, 0.15) is 0 Å². The third kappa shape index (κ3) is 2.45. The molecule has 1 aromatic rings. The molecule has 0 unspecified atom stereocenters. The van der Waals surface area contributed by atoms with Crippen LogP contribution >= 0.6 is 12.4 Å². The van der Waals surface area contributed by atoms with Crippen LogP contribution in [-0.4, -0.2) is 19.0 Å². The molecule has 17 heavy (non-hydrogen) atoms. The standard InChI is InChI=1S/C13H16N2O.ClH/c16-13-8-11-2-1-10(7-12(11)15-13)9-3-5-14-6-4-9;/h1-2,7,9,14H,3-6,8H2,(H,15,16);1H. The Labute approximate surface area is 107 Å². The predicted octanol–water partition coefficient (Wildman–Crippen LogP) is 2.07. The number of anilines is 1. The number of amides is 1. The molecule has 2 heterocycles. The second-order valence-corrected chi connectivity index (χ2v) is 4.67. The molecule has 2 aliphatic rings. The third-order valence-electron chi connectivity index (χ3n) is 3.57. The minimum Gasteiger partial charge on any atom is -0.326 e. The maximum absolute atomic E-state index is 11.3. The first-order valence-corrected chi connectivity index (χ1v) is 5.96. The number of hydrogen-bond acceptors (Lipinski definition) is 2. The van der Waals surface area contributed by atoms with Gasteiger partial charge in [0.2, 0.25) is 5.91 Å². The Morgan fingerprint density at radius 3 is 2.71 bits per heavy atom. The van der Waals surface area contributed by atoms with E-state index >= 15 is 0 Å². The van der Waals surface area contributed by atoms with Crippen molar-refractivity contribution in [2.45, 2.75) is 25.2 Å². The van der Waals surface area contributed by atoms with E-state index in [1.54, 1.807) is 0 Å². The highest BCUT2D eigenvalue weighted by Gasteiger charge is 2.20. The van der Waals surface area contributed by atoms with Crippen LogP contribution in [0.5, 0.6) is 0 Å². The molecule has 3 nitrogen and oxygen atoms in total. The molecule has 3 rings (SSSR count). The molecule has 0 aliphatic carbocycles. The Bertz CT molecular complexity index is 427. The largest absolute Gasteiger partial charge is 0.326 e. The van der Waals surface area contributed by atoms with Crippen LogP contribution in [0.1, 0.15) is 29.9 Å². The normalized spacial score (nSPS) is 19.4. The van der Waals surface area contributed by atoms with E-state index in [2.05, 4.69) is 28.8 Å². The Balaban J connectivity index is 0.00000108. The lowest BCUT2D eigenvalue weighted by molar-refractivity contribution is -0.115. The Morgan fingerprint density at radius 2 is 1.94 bits per heavy atom. The zero-order chi connectivity index (χ0) is 11.0. The number of benzene rings is 1. The molecular formula is C13H17ClN2O. The lowest BCUT2D eigenvalue weighted by Crippen LogP contribution is -2.26. The third-order valence-corrected chi connectivity index (χ3v) is 3.57. The summed E-state index contributed by atoms with van der Waals surface area (Å²) < 4.78 is 0. The Kier molecular flexibility index (Phi) is 3.69. The average Bonchev–Trinajstić information content (AvgIpc) is 2.69. The SMILES string of the molecule is Cl.O=C1Cc2ccc(C3CCNCC3)cc2N1. The molecule has 0 spiro atoms. The highest BCUT2D eigenvalue weighted by Crippen LogP contribution is 2.31. The van der Waals surface area contributed by atoms with Gasteiger partial charge in [0.15, 0.2) is 0 Å². The second kappa shape index (κ2) is 5.07. The van der Waals surface area contributed by atoms with E-state index in [4.69, 9.17) is 0 Å². The van der Waals surface area contributed by atoms with Gasteiger partial charge in [-0.05, 0) is 49.0 Å². The molecule has 1 aromatic carbocycles. The smallest absolute Gasteiger partial charge is 0.228 e. The number of fused-ring (bicyclic) bond motifs is 1. The van der Waals surface area contributed by atoms with Crippen LogP contribution in [0.3, 0.4) is 0 Å². The summed E-state index contributed by atoms with van der Waals surface area (Å²) in [5.41, 5.74) is 3.55. The molecule has 92 valence electrons. The van der Waals surface area contributed by atoms with Crippen molar-refractivity contribution in [1.29, 1.82) is 0 Å². The average molecular weight is 253 g/mol. The first-order valence-electron chi connectivity index (χ1n) is 5.96. The fraction of sp³-hybridized carbons (Fsp3) is 0.462. The topological polar surface area (TPSA) is 41.1 Å². The lowest BCUT2D eigenvalue weighted by atomic mass is 9.89. The highest BCUT2D eigenvalue weighted by molar-refractivity contribution is 5.99. The minimum absolute atomic E-state index is 0. The molecule has 1 saturated heterocycles. The second-order valence-electron chi connectivity index (χ2n) is 4.67. The van der Waals surface area contributed by atoms with Gasteiger partial charge in [0, 0.05) is 5.69 Å². The fourth-order valence-electron chi connectivity index (χ4n) is 2.64. The number of carbonyl (C=O) groups is 1. The first kappa shape index (κ1) is 12.4. The van der Waals surface area contributed by atoms with Crippen molar-refractivity contribution >= 4 is 24.0 Å². The molecule has 1 amide bonds. The number of carbonyl (C=O) groups excluding carboxylic acids is 1. The summed E-state index contributed by atoms with van der Waals surface area (Å²) in [6.07, 6.45) is 2.95. The molecule has 2 aliphatic heterocycles. The number of piperidine rings is 1. The summed E-state index contributed by atoms with van der Waals surface area (Å²) in [4.78, 5) is 11.3. The molecule has 1 fully saturated rings. The van der Waals surface area contributed by atoms with Gasteiger partial charge in [-0.2, -0.15) is 0 Å². The predicted molar refractivity (Wildman–Crippen MR) is 70.9 cm³/mol. The van der Waals surface area contributed by atoms with E-state index in [-0.39, 0.29) is 18.3 Å². The minimum atomic E-state index is 0. The highest BCUT2D eigenvalue weighted by atomic mass is 35.5. The fourth-order valence-corrected chi connectivity index (χ4v) is 2.64. The van der Waals surface area contributed by atoms with E-state index < -0.39 is 0 Å². The molecule has 0 radical (unpaired) electrons. The summed E-state index contributed by atoms with van der Waals surface area (Å²) >= 11 is 0. The quantitative estimate of drug-likeness (QED) is 0.804. The zero-order valence-electron chi connectivity index (χ0n) is 9.66. The van der Waals surface area contributed by atoms with E-state index in [1.165, 1.54) is 18.4 Å². The monoisotopic (exact) mass is 252 g/mol. The van der Waals surface area contributed by atoms with Crippen molar-refractivity contribution < 1.29 is 4.79 Å². The van der Waals surface area contributed by atoms with Crippen LogP contribution in [0.25, 0.3) is 0 Å². The van der Waals surface area contributed by atoms with Crippen molar-refractivity contribution in [3.8, 4) is 0 Å². The van der Waals surface area contributed by atoms with Crippen LogP contribution in [-0.2, 0) is 11.2 Å². The van der Waals surface area contributed by atoms with Gasteiger partial charge in [-0.25, -0.2) is 0 Å². The van der Waals surface area contributed by atoms with Gasteiger partial charge in [-0.15, -0.1) is 12.4 Å². The van der Waals surface area contributed by atoms with Gasteiger partial charge < -0.3 is 10.6 Å². The Hall–Kier alpha value is -1.06. The Morgan fingerprint density at radius 1 is 1.18 bits per heavy atom. The van der Waals surface area contributed by atoms with Gasteiger partial charge >= 0.3 is 0 Å². The maximum atomic E-state index is 11.3. The molecule has 2 N–H and O–H groups in total. The summed E-state index contributed by atoms with van der Waals surface area (Å²) in [6.45, 7) is 2.21. The van der Waals surface area contributed by atoms with Crippen molar-refractivity contribution in [2.75, 3.05) is 18.4 Å². The van der Waals surface area contributed by atoms with Crippen molar-refractivity contribution in [3.05, 3.63) is 29.3 Å². The summed E-state index contributed by atoms with van der Waals surface area (Å²) in [6, 6.07) is 6.45. The summed E-state index contributed by atoms with van der Waals surface area (Å²) in [7, 11) is 0. The summed E-state index contributed by atoms with van der Waals surface area (Å²) in [5.74, 6) is 0.779. The van der Waals surface area contributed by atoms with Crippen LogP contribution in [0.2, 0.25) is 0 Å². The number of halogens is 1. The van der Waals surface area contributed by atoms with Gasteiger partial charge in [0.05, 0.1) is 6.42 Å². The van der Waals surface area contributed by atoms with Crippen molar-refractivity contribution in [1.82, 2.24) is 5.32 Å². The van der Waals surface area contributed by atoms with E-state index in [9.17, 15) is 4.79 Å². The molecule has 0 atom stereocenters. The van der Waals surface area contributed by atoms with E-state index in [0.29, 0.717) is 12.3 Å². The number of nitrogens with one attached hydrogen (secondary N) is 2. The van der Waals surface area contributed by atoms with Crippen molar-refractivity contribution in [2.24, 2.45) is 0 Å². The summed E-state index contributed by atoms with van der Waals surface area (Å²) in [5, 5.41) is 6.30. The molecule has 0 saturated carbocycles. The van der Waals surface area contributed by atoms with E-state index in [1.807, 2.05) is 0 Å². The van der Waals surface area contributed by atoms with Gasteiger partial charge in [0.25, 0.3) is 0 Å². The molecule has 0 bridgehead atoms. The van der Waals surface area contributed by atoms with Crippen LogP contribution in [0, 0.1) is 0 Å². The van der Waals surface area contributed by atoms with Crippen LogP contribution < -0.4 is 10.6 Å². The molecule has 4 heteroatoms. The molecule has 0 aromatic heterocycles. The number of hydrogen-bond donors (Lipinski definition) is 2. The molecular weight excluding hydrogens is 236 g/mol. The van der Waals surface area contributed by atoms with Crippen LogP contribution in [0.15, 0.2) is 18.2 Å². The maximum Gasteiger partial charge on any atom is 0.228 e. The first-order chi connectivity index (χ1) is 7.83. The lowest BCUT2D eigenvalue weighted by Gasteiger charge is -2.23. The number of rotatable bonds is 1. The van der Waals surface area contributed by atoms with Crippen LogP contribution in [0.4, 0.5) is 5.69 Å². The van der Waals surface area contributed by atoms with Gasteiger partial charge in [-0.3, -0.25) is 4.79 Å². The van der Waals surface area contributed by atoms with Gasteiger partial charge in [-0.1, -0.05) is 12.1 Å².